The highest BCUT2D eigenvalue weighted by molar-refractivity contribution is 5.20. The summed E-state index contributed by atoms with van der Waals surface area (Å²) in [6.07, 6.45) is -1.71. The molecule has 0 aromatic heterocycles. The van der Waals surface area contributed by atoms with Gasteiger partial charge in [-0.05, 0) is 41.7 Å². The smallest absolute Gasteiger partial charge is 0.150 e. The fourth-order valence-corrected chi connectivity index (χ4v) is 5.08. The molecule has 42 heavy (non-hydrogen) atoms. The van der Waals surface area contributed by atoms with Crippen molar-refractivity contribution >= 4 is 0 Å². The number of allylic oxidation sites excluding steroid dienone is 1. The minimum Gasteiger partial charge on any atom is -0.487 e. The minimum atomic E-state index is -0.454. The summed E-state index contributed by atoms with van der Waals surface area (Å²) in [5, 5.41) is 0. The van der Waals surface area contributed by atoms with Gasteiger partial charge in [-0.15, -0.1) is 0 Å². The van der Waals surface area contributed by atoms with Crippen molar-refractivity contribution in [3.8, 4) is 0 Å². The fraction of sp³-hybridized carbons (Fsp3) is 0.297. The lowest BCUT2D eigenvalue weighted by atomic mass is 9.95. The Bertz CT molecular complexity index is 1350. The largest absolute Gasteiger partial charge is 0.487 e. The van der Waals surface area contributed by atoms with Crippen molar-refractivity contribution in [3.05, 3.63) is 155 Å². The first kappa shape index (κ1) is 29.7. The first-order valence-corrected chi connectivity index (χ1v) is 14.6. The standard InChI is InChI=1S/C37H40O5/c1-28(2)34-36(40-25-31-19-11-5-12-20-31)37(41-26-32-21-13-6-14-22-32)35(39-24-30-17-9-4-10-18-30)33(42-34)27-38-23-29-15-7-3-8-16-29/h3-22,33,35-37H,23-27H2,1-2H3/t33?,35?,36-,37?/m1/s1. The van der Waals surface area contributed by atoms with Crippen LogP contribution in [0.4, 0.5) is 0 Å². The summed E-state index contributed by atoms with van der Waals surface area (Å²) in [5.74, 6) is 0.775. The van der Waals surface area contributed by atoms with Crippen LogP contribution in [0.15, 0.2) is 133 Å². The summed E-state index contributed by atoms with van der Waals surface area (Å²) in [6.45, 7) is 6.21. The average Bonchev–Trinajstić information content (AvgIpc) is 3.04. The summed E-state index contributed by atoms with van der Waals surface area (Å²) in [4.78, 5) is 0. The molecule has 4 aromatic carbocycles. The van der Waals surface area contributed by atoms with Crippen LogP contribution in [0, 0.1) is 0 Å². The predicted octanol–water partition coefficient (Wildman–Crippen LogP) is 7.65. The lowest BCUT2D eigenvalue weighted by Gasteiger charge is -2.44. The Labute approximate surface area is 249 Å². The second kappa shape index (κ2) is 15.5. The van der Waals surface area contributed by atoms with Gasteiger partial charge < -0.3 is 23.7 Å². The zero-order valence-corrected chi connectivity index (χ0v) is 24.4. The minimum absolute atomic E-state index is 0.349. The van der Waals surface area contributed by atoms with Crippen LogP contribution in [0.5, 0.6) is 0 Å². The Hall–Kier alpha value is -3.74. The van der Waals surface area contributed by atoms with E-state index in [0.29, 0.717) is 33.0 Å². The van der Waals surface area contributed by atoms with E-state index in [1.54, 1.807) is 0 Å². The van der Waals surface area contributed by atoms with E-state index in [0.717, 1.165) is 33.6 Å². The highest BCUT2D eigenvalue weighted by Crippen LogP contribution is 2.34. The Kier molecular flexibility index (Phi) is 11.0. The molecule has 1 heterocycles. The van der Waals surface area contributed by atoms with Gasteiger partial charge in [-0.3, -0.25) is 0 Å². The number of hydrogen-bond acceptors (Lipinski definition) is 5. The van der Waals surface area contributed by atoms with Crippen LogP contribution in [-0.4, -0.2) is 31.0 Å². The van der Waals surface area contributed by atoms with Crippen LogP contribution >= 0.6 is 0 Å². The molecule has 0 spiro atoms. The maximum absolute atomic E-state index is 6.73. The maximum Gasteiger partial charge on any atom is 0.150 e. The molecule has 5 heteroatoms. The fourth-order valence-electron chi connectivity index (χ4n) is 5.08. The Morgan fingerprint density at radius 1 is 0.524 bits per heavy atom. The van der Waals surface area contributed by atoms with Gasteiger partial charge in [0, 0.05) is 0 Å². The van der Waals surface area contributed by atoms with E-state index < -0.39 is 18.3 Å². The highest BCUT2D eigenvalue weighted by Gasteiger charge is 2.47. The van der Waals surface area contributed by atoms with Gasteiger partial charge in [-0.2, -0.15) is 0 Å². The molecule has 5 rings (SSSR count). The molecule has 1 aliphatic rings. The van der Waals surface area contributed by atoms with E-state index in [4.69, 9.17) is 23.7 Å². The third kappa shape index (κ3) is 8.40. The SMILES string of the molecule is CC(C)=C1OC(COCc2ccccc2)C(OCc2ccccc2)C(OCc2ccccc2)[C@@H]1OCc1ccccc1. The molecule has 0 bridgehead atoms. The molecule has 1 fully saturated rings. The van der Waals surface area contributed by atoms with Gasteiger partial charge in [0.15, 0.2) is 6.10 Å². The Morgan fingerprint density at radius 2 is 0.929 bits per heavy atom. The maximum atomic E-state index is 6.73. The van der Waals surface area contributed by atoms with Gasteiger partial charge in [0.05, 0.1) is 33.0 Å². The van der Waals surface area contributed by atoms with Crippen molar-refractivity contribution in [2.24, 2.45) is 0 Å². The van der Waals surface area contributed by atoms with Crippen LogP contribution in [0.2, 0.25) is 0 Å². The van der Waals surface area contributed by atoms with Gasteiger partial charge >= 0.3 is 0 Å². The molecule has 1 saturated heterocycles. The number of benzene rings is 4. The number of hydrogen-bond donors (Lipinski definition) is 0. The zero-order valence-electron chi connectivity index (χ0n) is 24.4. The lowest BCUT2D eigenvalue weighted by molar-refractivity contribution is -0.223. The molecule has 3 unspecified atom stereocenters. The molecule has 218 valence electrons. The molecule has 0 aliphatic carbocycles. The van der Waals surface area contributed by atoms with Crippen LogP contribution in [-0.2, 0) is 50.1 Å². The zero-order chi connectivity index (χ0) is 29.0. The van der Waals surface area contributed by atoms with E-state index in [1.807, 2.05) is 72.8 Å². The molecule has 4 atom stereocenters. The molecule has 0 amide bonds. The normalized spacial score (nSPS) is 20.2. The molecular formula is C37H40O5. The summed E-state index contributed by atoms with van der Waals surface area (Å²) < 4.78 is 32.9. The summed E-state index contributed by atoms with van der Waals surface area (Å²) in [5.41, 5.74) is 5.40. The highest BCUT2D eigenvalue weighted by atomic mass is 16.6. The lowest BCUT2D eigenvalue weighted by Crippen LogP contribution is -2.56. The molecule has 0 N–H and O–H groups in total. The quantitative estimate of drug-likeness (QED) is 0.167. The van der Waals surface area contributed by atoms with E-state index in [9.17, 15) is 0 Å². The van der Waals surface area contributed by atoms with Gasteiger partial charge in [-0.25, -0.2) is 0 Å². The average molecular weight is 565 g/mol. The second-order valence-electron chi connectivity index (χ2n) is 10.8. The van der Waals surface area contributed by atoms with Crippen molar-refractivity contribution < 1.29 is 23.7 Å². The van der Waals surface area contributed by atoms with E-state index in [-0.39, 0.29) is 6.10 Å². The second-order valence-corrected chi connectivity index (χ2v) is 10.8. The molecule has 5 nitrogen and oxygen atoms in total. The van der Waals surface area contributed by atoms with Crippen LogP contribution < -0.4 is 0 Å². The molecule has 0 radical (unpaired) electrons. The van der Waals surface area contributed by atoms with Crippen molar-refractivity contribution in [1.82, 2.24) is 0 Å². The van der Waals surface area contributed by atoms with Crippen molar-refractivity contribution in [2.45, 2.75) is 64.7 Å². The van der Waals surface area contributed by atoms with Gasteiger partial charge in [0.1, 0.15) is 24.1 Å². The monoisotopic (exact) mass is 564 g/mol. The third-order valence-electron chi connectivity index (χ3n) is 7.25. The van der Waals surface area contributed by atoms with Gasteiger partial charge in [0.25, 0.3) is 0 Å². The van der Waals surface area contributed by atoms with Crippen LogP contribution in [0.1, 0.15) is 36.1 Å². The summed E-state index contributed by atoms with van der Waals surface area (Å²) >= 11 is 0. The number of rotatable bonds is 13. The Balaban J connectivity index is 1.42. The van der Waals surface area contributed by atoms with Crippen LogP contribution in [0.3, 0.4) is 0 Å². The van der Waals surface area contributed by atoms with E-state index >= 15 is 0 Å². The summed E-state index contributed by atoms with van der Waals surface area (Å²) in [6, 6.07) is 40.7. The van der Waals surface area contributed by atoms with Crippen molar-refractivity contribution in [3.63, 3.8) is 0 Å². The first-order valence-electron chi connectivity index (χ1n) is 14.6. The first-order chi connectivity index (χ1) is 20.7. The molecule has 0 saturated carbocycles. The predicted molar refractivity (Wildman–Crippen MR) is 164 cm³/mol. The third-order valence-corrected chi connectivity index (χ3v) is 7.25. The molecular weight excluding hydrogens is 524 g/mol. The van der Waals surface area contributed by atoms with Crippen molar-refractivity contribution in [1.29, 1.82) is 0 Å². The molecule has 1 aliphatic heterocycles. The topological polar surface area (TPSA) is 46.2 Å². The van der Waals surface area contributed by atoms with Gasteiger partial charge in [-0.1, -0.05) is 121 Å². The Morgan fingerprint density at radius 3 is 1.38 bits per heavy atom. The molecule has 4 aromatic rings. The van der Waals surface area contributed by atoms with Crippen molar-refractivity contribution in [2.75, 3.05) is 6.61 Å². The number of ether oxygens (including phenoxy) is 5. The summed E-state index contributed by atoms with van der Waals surface area (Å²) in [7, 11) is 0. The van der Waals surface area contributed by atoms with E-state index in [2.05, 4.69) is 62.4 Å². The van der Waals surface area contributed by atoms with Gasteiger partial charge in [0.2, 0.25) is 0 Å². The van der Waals surface area contributed by atoms with Crippen LogP contribution in [0.25, 0.3) is 0 Å². The van der Waals surface area contributed by atoms with E-state index in [1.165, 1.54) is 0 Å².